The molecule has 2 aromatic rings. The largest absolute Gasteiger partial charge is 0.497 e. The minimum Gasteiger partial charge on any atom is -0.497 e. The predicted octanol–water partition coefficient (Wildman–Crippen LogP) is 1.53. The molecular formula is C17H18N4O4. The second kappa shape index (κ2) is 8.34. The first-order chi connectivity index (χ1) is 12.0. The number of carbonyl (C=O) groups excluding carboxylic acids is 1. The van der Waals surface area contributed by atoms with Crippen LogP contribution in [0.2, 0.25) is 0 Å². The highest BCUT2D eigenvalue weighted by Gasteiger charge is 2.13. The van der Waals surface area contributed by atoms with Gasteiger partial charge < -0.3 is 25.7 Å². The molecule has 2 rings (SSSR count). The molecule has 0 aromatic heterocycles. The van der Waals surface area contributed by atoms with Crippen molar-refractivity contribution in [2.45, 2.75) is 0 Å². The Labute approximate surface area is 144 Å². The summed E-state index contributed by atoms with van der Waals surface area (Å²) >= 11 is 0. The van der Waals surface area contributed by atoms with E-state index in [1.165, 1.54) is 13.3 Å². The molecule has 0 aliphatic heterocycles. The topological polar surface area (TPSA) is 122 Å². The van der Waals surface area contributed by atoms with Crippen LogP contribution < -0.4 is 25.7 Å². The monoisotopic (exact) mass is 342 g/mol. The summed E-state index contributed by atoms with van der Waals surface area (Å²) in [7, 11) is 3.02. The molecule has 130 valence electrons. The average molecular weight is 342 g/mol. The molecule has 8 nitrogen and oxygen atoms in total. The van der Waals surface area contributed by atoms with Crippen LogP contribution in [0.4, 0.5) is 0 Å². The molecule has 0 saturated heterocycles. The van der Waals surface area contributed by atoms with Gasteiger partial charge in [-0.3, -0.25) is 0 Å². The minimum absolute atomic E-state index is 0.145. The van der Waals surface area contributed by atoms with Gasteiger partial charge in [0.15, 0.2) is 11.5 Å². The number of nitrogens with two attached hydrogens (primary N) is 2. The lowest BCUT2D eigenvalue weighted by Crippen LogP contribution is -2.21. The van der Waals surface area contributed by atoms with E-state index in [1.807, 2.05) is 0 Å². The molecule has 0 atom stereocenters. The summed E-state index contributed by atoms with van der Waals surface area (Å²) in [4.78, 5) is 12.2. The molecular weight excluding hydrogens is 324 g/mol. The number of carbonyl (C=O) groups is 1. The summed E-state index contributed by atoms with van der Waals surface area (Å²) in [6.45, 7) is 0. The van der Waals surface area contributed by atoms with Crippen molar-refractivity contribution in [3.05, 3.63) is 53.6 Å². The zero-order valence-electron chi connectivity index (χ0n) is 13.8. The molecule has 0 aliphatic carbocycles. The molecule has 25 heavy (non-hydrogen) atoms. The summed E-state index contributed by atoms with van der Waals surface area (Å²) in [5.74, 6) is 0.646. The number of hydrogen-bond acceptors (Lipinski definition) is 6. The van der Waals surface area contributed by atoms with Crippen LogP contribution >= 0.6 is 0 Å². The standard InChI is InChI=1S/C17H18N4O4/c1-23-13-6-4-12(5-7-13)16(22)25-14-8-3-11(9-15(14)24-2)10-20-21-17(18)19/h3-10H,1-2H3,(H4,18,19,21). The minimum atomic E-state index is -0.511. The number of methoxy groups -OCH3 is 2. The molecule has 2 aromatic carbocycles. The van der Waals surface area contributed by atoms with Crippen LogP contribution in [0.15, 0.2) is 52.7 Å². The van der Waals surface area contributed by atoms with Crippen molar-refractivity contribution in [2.75, 3.05) is 14.2 Å². The Hall–Kier alpha value is -3.55. The van der Waals surface area contributed by atoms with E-state index in [4.69, 9.17) is 25.7 Å². The van der Waals surface area contributed by atoms with E-state index in [2.05, 4.69) is 10.2 Å². The van der Waals surface area contributed by atoms with Crippen molar-refractivity contribution < 1.29 is 19.0 Å². The third-order valence-corrected chi connectivity index (χ3v) is 3.10. The fourth-order valence-corrected chi connectivity index (χ4v) is 1.90. The molecule has 0 saturated carbocycles. The van der Waals surface area contributed by atoms with Crippen molar-refractivity contribution in [3.63, 3.8) is 0 Å². The molecule has 0 heterocycles. The third-order valence-electron chi connectivity index (χ3n) is 3.10. The first-order valence-corrected chi connectivity index (χ1v) is 7.19. The lowest BCUT2D eigenvalue weighted by atomic mass is 10.2. The number of benzene rings is 2. The molecule has 0 bridgehead atoms. The van der Waals surface area contributed by atoms with Gasteiger partial charge >= 0.3 is 5.97 Å². The van der Waals surface area contributed by atoms with Gasteiger partial charge in [0.05, 0.1) is 26.0 Å². The summed E-state index contributed by atoms with van der Waals surface area (Å²) in [5.41, 5.74) is 11.4. The molecule has 4 N–H and O–H groups in total. The molecule has 0 aliphatic rings. The number of guanidine groups is 1. The van der Waals surface area contributed by atoms with E-state index in [0.29, 0.717) is 22.6 Å². The fraction of sp³-hybridized carbons (Fsp3) is 0.118. The van der Waals surface area contributed by atoms with E-state index >= 15 is 0 Å². The van der Waals surface area contributed by atoms with E-state index < -0.39 is 5.97 Å². The van der Waals surface area contributed by atoms with Gasteiger partial charge in [0.2, 0.25) is 5.96 Å². The highest BCUT2D eigenvalue weighted by Crippen LogP contribution is 2.28. The molecule has 0 unspecified atom stereocenters. The van der Waals surface area contributed by atoms with Gasteiger partial charge in [-0.15, -0.1) is 5.10 Å². The lowest BCUT2D eigenvalue weighted by molar-refractivity contribution is 0.0729. The van der Waals surface area contributed by atoms with Crippen LogP contribution in [0.3, 0.4) is 0 Å². The zero-order valence-corrected chi connectivity index (χ0v) is 13.8. The Kier molecular flexibility index (Phi) is 5.94. The van der Waals surface area contributed by atoms with Gasteiger partial charge in [-0.1, -0.05) is 0 Å². The Morgan fingerprint density at radius 3 is 2.32 bits per heavy atom. The van der Waals surface area contributed by atoms with Crippen molar-refractivity contribution in [1.82, 2.24) is 0 Å². The predicted molar refractivity (Wildman–Crippen MR) is 94.4 cm³/mol. The van der Waals surface area contributed by atoms with E-state index in [1.54, 1.807) is 49.6 Å². The lowest BCUT2D eigenvalue weighted by Gasteiger charge is -2.10. The second-order valence-corrected chi connectivity index (χ2v) is 4.80. The number of ether oxygens (including phenoxy) is 3. The summed E-state index contributed by atoms with van der Waals surface area (Å²) in [6, 6.07) is 11.5. The molecule has 0 fully saturated rings. The maximum Gasteiger partial charge on any atom is 0.343 e. The number of esters is 1. The quantitative estimate of drug-likeness (QED) is 0.270. The average Bonchev–Trinajstić information content (AvgIpc) is 2.62. The first-order valence-electron chi connectivity index (χ1n) is 7.19. The Morgan fingerprint density at radius 1 is 1.00 bits per heavy atom. The Balaban J connectivity index is 2.16. The number of hydrogen-bond donors (Lipinski definition) is 2. The Bertz CT molecular complexity index is 797. The molecule has 0 spiro atoms. The summed E-state index contributed by atoms with van der Waals surface area (Å²) < 4.78 is 15.7. The first kappa shape index (κ1) is 17.8. The van der Waals surface area contributed by atoms with Gasteiger partial charge in [0, 0.05) is 0 Å². The van der Waals surface area contributed by atoms with Crippen molar-refractivity contribution >= 4 is 18.1 Å². The highest BCUT2D eigenvalue weighted by atomic mass is 16.6. The summed E-state index contributed by atoms with van der Waals surface area (Å²) in [5, 5.41) is 7.21. The van der Waals surface area contributed by atoms with Crippen molar-refractivity contribution in [2.24, 2.45) is 21.7 Å². The molecule has 8 heteroatoms. The van der Waals surface area contributed by atoms with Gasteiger partial charge in [-0.25, -0.2) is 4.79 Å². The van der Waals surface area contributed by atoms with Gasteiger partial charge in [-0.05, 0) is 48.0 Å². The van der Waals surface area contributed by atoms with E-state index in [9.17, 15) is 4.79 Å². The van der Waals surface area contributed by atoms with Crippen LogP contribution in [-0.4, -0.2) is 32.4 Å². The third kappa shape index (κ3) is 4.96. The van der Waals surface area contributed by atoms with Crippen LogP contribution in [0.5, 0.6) is 17.2 Å². The fourth-order valence-electron chi connectivity index (χ4n) is 1.90. The van der Waals surface area contributed by atoms with Gasteiger partial charge in [0.1, 0.15) is 5.75 Å². The molecule has 0 radical (unpaired) electrons. The van der Waals surface area contributed by atoms with Crippen LogP contribution in [0.1, 0.15) is 15.9 Å². The SMILES string of the molecule is COc1ccc(C(=O)Oc2ccc(C=NN=C(N)N)cc2OC)cc1. The Morgan fingerprint density at radius 2 is 1.72 bits per heavy atom. The maximum atomic E-state index is 12.2. The van der Waals surface area contributed by atoms with Crippen LogP contribution in [-0.2, 0) is 0 Å². The highest BCUT2D eigenvalue weighted by molar-refractivity contribution is 5.91. The maximum absolute atomic E-state index is 12.2. The zero-order chi connectivity index (χ0) is 18.2. The smallest absolute Gasteiger partial charge is 0.343 e. The summed E-state index contributed by atoms with van der Waals surface area (Å²) in [6.07, 6.45) is 1.44. The van der Waals surface area contributed by atoms with Gasteiger partial charge in [0.25, 0.3) is 0 Å². The number of nitrogens with zero attached hydrogens (tertiary/aromatic N) is 2. The van der Waals surface area contributed by atoms with Gasteiger partial charge in [-0.2, -0.15) is 5.10 Å². The number of rotatable bonds is 6. The van der Waals surface area contributed by atoms with Crippen molar-refractivity contribution in [3.8, 4) is 17.2 Å². The van der Waals surface area contributed by atoms with Crippen molar-refractivity contribution in [1.29, 1.82) is 0 Å². The molecule has 0 amide bonds. The van der Waals surface area contributed by atoms with Crippen LogP contribution in [0, 0.1) is 0 Å². The van der Waals surface area contributed by atoms with Crippen LogP contribution in [0.25, 0.3) is 0 Å². The second-order valence-electron chi connectivity index (χ2n) is 4.80. The normalized spacial score (nSPS) is 10.3. The van der Waals surface area contributed by atoms with E-state index in [-0.39, 0.29) is 11.7 Å². The van der Waals surface area contributed by atoms with E-state index in [0.717, 1.165) is 0 Å².